The highest BCUT2D eigenvalue weighted by atomic mass is 16.6. The number of aromatic nitrogens is 1. The van der Waals surface area contributed by atoms with Crippen LogP contribution in [0.15, 0.2) is 30.5 Å². The lowest BCUT2D eigenvalue weighted by Crippen LogP contribution is -2.16. The number of para-hydroxylation sites is 1. The van der Waals surface area contributed by atoms with Crippen molar-refractivity contribution >= 4 is 22.3 Å². The molecular formula is C15H17N3O2. The minimum Gasteiger partial charge on any atom is -0.376 e. The zero-order valence-corrected chi connectivity index (χ0v) is 11.4. The molecule has 1 N–H and O–H groups in total. The Labute approximate surface area is 117 Å². The number of hydrogen-bond donors (Lipinski definition) is 1. The maximum absolute atomic E-state index is 11.2. The lowest BCUT2D eigenvalue weighted by atomic mass is 10.1. The molecule has 1 aliphatic carbocycles. The molecule has 0 saturated heterocycles. The van der Waals surface area contributed by atoms with Crippen molar-refractivity contribution in [3.05, 3.63) is 40.6 Å². The van der Waals surface area contributed by atoms with Crippen molar-refractivity contribution in [2.45, 2.75) is 32.2 Å². The molecule has 2 unspecified atom stereocenters. The summed E-state index contributed by atoms with van der Waals surface area (Å²) in [6, 6.07) is 7.85. The fourth-order valence-electron chi connectivity index (χ4n) is 2.96. The minimum atomic E-state index is -0.361. The van der Waals surface area contributed by atoms with Crippen molar-refractivity contribution in [3.8, 4) is 0 Å². The van der Waals surface area contributed by atoms with Gasteiger partial charge < -0.3 is 5.32 Å². The summed E-state index contributed by atoms with van der Waals surface area (Å²) in [5.41, 5.74) is 1.45. The lowest BCUT2D eigenvalue weighted by Gasteiger charge is -2.15. The normalized spacial score (nSPS) is 22.1. The molecule has 0 radical (unpaired) electrons. The molecule has 104 valence electrons. The lowest BCUT2D eigenvalue weighted by molar-refractivity contribution is -0.384. The van der Waals surface area contributed by atoms with E-state index < -0.39 is 0 Å². The highest BCUT2D eigenvalue weighted by molar-refractivity contribution is 5.95. The van der Waals surface area contributed by atoms with Gasteiger partial charge in [-0.2, -0.15) is 0 Å². The van der Waals surface area contributed by atoms with E-state index in [0.717, 1.165) is 23.7 Å². The van der Waals surface area contributed by atoms with Crippen molar-refractivity contribution in [2.24, 2.45) is 5.92 Å². The summed E-state index contributed by atoms with van der Waals surface area (Å²) < 4.78 is 0. The van der Waals surface area contributed by atoms with Crippen LogP contribution in [-0.4, -0.2) is 15.9 Å². The van der Waals surface area contributed by atoms with Crippen molar-refractivity contribution in [2.75, 3.05) is 5.32 Å². The van der Waals surface area contributed by atoms with E-state index in [1.165, 1.54) is 12.6 Å². The van der Waals surface area contributed by atoms with Crippen LogP contribution in [0.25, 0.3) is 10.9 Å². The van der Waals surface area contributed by atoms with E-state index in [4.69, 9.17) is 0 Å². The van der Waals surface area contributed by atoms with E-state index in [0.29, 0.717) is 17.6 Å². The van der Waals surface area contributed by atoms with Crippen LogP contribution in [0, 0.1) is 16.0 Å². The first-order chi connectivity index (χ1) is 9.65. The molecule has 0 aliphatic heterocycles. The number of benzene rings is 1. The number of pyridine rings is 1. The van der Waals surface area contributed by atoms with Crippen molar-refractivity contribution in [3.63, 3.8) is 0 Å². The molecule has 0 bridgehead atoms. The molecule has 0 amide bonds. The van der Waals surface area contributed by atoms with Crippen molar-refractivity contribution in [1.82, 2.24) is 4.98 Å². The van der Waals surface area contributed by atoms with Crippen LogP contribution in [-0.2, 0) is 0 Å². The van der Waals surface area contributed by atoms with Crippen LogP contribution >= 0.6 is 0 Å². The van der Waals surface area contributed by atoms with Crippen molar-refractivity contribution in [1.29, 1.82) is 0 Å². The van der Waals surface area contributed by atoms with Gasteiger partial charge in [0.1, 0.15) is 11.9 Å². The number of hydrogen-bond acceptors (Lipinski definition) is 4. The summed E-state index contributed by atoms with van der Waals surface area (Å²) in [6.45, 7) is 2.22. The number of nitro groups is 1. The van der Waals surface area contributed by atoms with Crippen LogP contribution in [0.2, 0.25) is 0 Å². The van der Waals surface area contributed by atoms with Crippen LogP contribution in [0.1, 0.15) is 26.2 Å². The quantitative estimate of drug-likeness (QED) is 0.682. The third-order valence-corrected chi connectivity index (χ3v) is 4.00. The summed E-state index contributed by atoms with van der Waals surface area (Å²) in [5, 5.41) is 15.4. The van der Waals surface area contributed by atoms with Gasteiger partial charge >= 0.3 is 5.69 Å². The summed E-state index contributed by atoms with van der Waals surface area (Å²) in [5.74, 6) is 0.680. The molecule has 1 aromatic carbocycles. The standard InChI is InChI=1S/C15H17N3O2/c1-10-6-7-11(8-10)17-15-12-4-2-3-5-13(12)16-9-14(15)18(19)20/h2-5,9-11H,6-8H2,1H3,(H,16,17). The van der Waals surface area contributed by atoms with Gasteiger partial charge in [0.15, 0.2) is 0 Å². The summed E-state index contributed by atoms with van der Waals surface area (Å²) in [6.07, 6.45) is 4.65. The zero-order chi connectivity index (χ0) is 14.1. The van der Waals surface area contributed by atoms with Gasteiger partial charge in [0.2, 0.25) is 0 Å². The molecule has 2 atom stereocenters. The molecule has 1 aromatic heterocycles. The van der Waals surface area contributed by atoms with Gasteiger partial charge in [-0.15, -0.1) is 0 Å². The molecule has 1 heterocycles. The van der Waals surface area contributed by atoms with E-state index >= 15 is 0 Å². The van der Waals surface area contributed by atoms with Gasteiger partial charge in [-0.3, -0.25) is 10.1 Å². The third kappa shape index (κ3) is 2.31. The number of fused-ring (bicyclic) bond motifs is 1. The minimum absolute atomic E-state index is 0.0586. The molecule has 1 aliphatic rings. The van der Waals surface area contributed by atoms with E-state index in [9.17, 15) is 10.1 Å². The Bertz CT molecular complexity index is 657. The van der Waals surface area contributed by atoms with E-state index in [1.54, 1.807) is 0 Å². The first-order valence-corrected chi connectivity index (χ1v) is 6.94. The van der Waals surface area contributed by atoms with E-state index in [-0.39, 0.29) is 10.6 Å². The second kappa shape index (κ2) is 5.07. The van der Waals surface area contributed by atoms with Gasteiger partial charge in [0.05, 0.1) is 10.4 Å². The van der Waals surface area contributed by atoms with E-state index in [2.05, 4.69) is 17.2 Å². The topological polar surface area (TPSA) is 68.1 Å². The Kier molecular flexibility index (Phi) is 3.26. The van der Waals surface area contributed by atoms with Gasteiger partial charge in [-0.1, -0.05) is 25.1 Å². The van der Waals surface area contributed by atoms with Crippen LogP contribution < -0.4 is 5.32 Å². The molecule has 3 rings (SSSR count). The molecule has 5 heteroatoms. The fraction of sp³-hybridized carbons (Fsp3) is 0.400. The molecule has 5 nitrogen and oxygen atoms in total. The molecule has 20 heavy (non-hydrogen) atoms. The highest BCUT2D eigenvalue weighted by Gasteiger charge is 2.25. The highest BCUT2D eigenvalue weighted by Crippen LogP contribution is 2.35. The molecule has 2 aromatic rings. The number of nitrogens with one attached hydrogen (secondary N) is 1. The Morgan fingerprint density at radius 2 is 2.15 bits per heavy atom. The molecule has 0 spiro atoms. The largest absolute Gasteiger partial charge is 0.376 e. The number of nitrogens with zero attached hydrogens (tertiary/aromatic N) is 2. The number of rotatable bonds is 3. The first-order valence-electron chi connectivity index (χ1n) is 6.94. The summed E-state index contributed by atoms with van der Waals surface area (Å²) in [4.78, 5) is 15.0. The second-order valence-electron chi connectivity index (χ2n) is 5.55. The smallest absolute Gasteiger partial charge is 0.311 e. The van der Waals surface area contributed by atoms with Gasteiger partial charge in [0, 0.05) is 11.4 Å². The van der Waals surface area contributed by atoms with Crippen molar-refractivity contribution < 1.29 is 4.92 Å². The second-order valence-corrected chi connectivity index (χ2v) is 5.55. The summed E-state index contributed by atoms with van der Waals surface area (Å²) >= 11 is 0. The predicted octanol–water partition coefficient (Wildman–Crippen LogP) is 3.74. The maximum Gasteiger partial charge on any atom is 0.311 e. The van der Waals surface area contributed by atoms with E-state index in [1.807, 2.05) is 24.3 Å². The SMILES string of the molecule is CC1CCC(Nc2c([N+](=O)[O-])cnc3ccccc23)C1. The zero-order valence-electron chi connectivity index (χ0n) is 11.4. The van der Waals surface area contributed by atoms with Gasteiger partial charge in [-0.05, 0) is 31.2 Å². The Morgan fingerprint density at radius 3 is 2.85 bits per heavy atom. The third-order valence-electron chi connectivity index (χ3n) is 4.00. The Morgan fingerprint density at radius 1 is 1.35 bits per heavy atom. The first kappa shape index (κ1) is 12.8. The van der Waals surface area contributed by atoms with Crippen LogP contribution in [0.5, 0.6) is 0 Å². The number of anilines is 1. The Hall–Kier alpha value is -2.17. The van der Waals surface area contributed by atoms with Crippen LogP contribution in [0.3, 0.4) is 0 Å². The molecule has 1 saturated carbocycles. The van der Waals surface area contributed by atoms with Crippen LogP contribution in [0.4, 0.5) is 11.4 Å². The van der Waals surface area contributed by atoms with Gasteiger partial charge in [-0.25, -0.2) is 4.98 Å². The monoisotopic (exact) mass is 271 g/mol. The maximum atomic E-state index is 11.2. The average Bonchev–Trinajstić information content (AvgIpc) is 2.84. The molecule has 1 fully saturated rings. The summed E-state index contributed by atoms with van der Waals surface area (Å²) in [7, 11) is 0. The van der Waals surface area contributed by atoms with Gasteiger partial charge in [0.25, 0.3) is 0 Å². The average molecular weight is 271 g/mol. The fourth-order valence-corrected chi connectivity index (χ4v) is 2.96. The Balaban J connectivity index is 2.05. The molecular weight excluding hydrogens is 254 g/mol. The predicted molar refractivity (Wildman–Crippen MR) is 78.8 cm³/mol.